The molecule has 0 aliphatic rings. The van der Waals surface area contributed by atoms with Crippen LogP contribution in [0, 0.1) is 0 Å². The SMILES string of the molecule is CCCCCCCC/C=C\CCCCCCCC(=O)OC[C@H](COP(=O)(O)OCCN)OC(=O)CCC[C@H](O)/C=C/C=C\C/C=C\C=C\[C@H](O)CCCCC. The van der Waals surface area contributed by atoms with Gasteiger partial charge in [0.25, 0.3) is 0 Å². The monoisotopic (exact) mass is 798 g/mol. The van der Waals surface area contributed by atoms with Crippen molar-refractivity contribution in [2.24, 2.45) is 5.73 Å². The first kappa shape index (κ1) is 52.6. The van der Waals surface area contributed by atoms with Gasteiger partial charge in [-0.1, -0.05) is 145 Å². The van der Waals surface area contributed by atoms with Gasteiger partial charge < -0.3 is 30.3 Å². The number of carbonyl (C=O) groups is 2. The molecular formula is C43H76NO10P. The molecule has 5 N–H and O–H groups in total. The summed E-state index contributed by atoms with van der Waals surface area (Å²) in [5.74, 6) is -1.07. The molecule has 0 saturated carbocycles. The predicted octanol–water partition coefficient (Wildman–Crippen LogP) is 9.66. The molecule has 0 saturated heterocycles. The molecule has 11 nitrogen and oxygen atoms in total. The van der Waals surface area contributed by atoms with Crippen LogP contribution in [-0.2, 0) is 32.7 Å². The van der Waals surface area contributed by atoms with E-state index in [1.807, 2.05) is 30.4 Å². The van der Waals surface area contributed by atoms with E-state index in [9.17, 15) is 29.3 Å². The summed E-state index contributed by atoms with van der Waals surface area (Å²) < 4.78 is 32.5. The van der Waals surface area contributed by atoms with Crippen LogP contribution in [0.4, 0.5) is 0 Å². The lowest BCUT2D eigenvalue weighted by Gasteiger charge is -2.20. The molecule has 4 atom stereocenters. The summed E-state index contributed by atoms with van der Waals surface area (Å²) in [6.07, 6.45) is 37.5. The van der Waals surface area contributed by atoms with Crippen molar-refractivity contribution in [2.75, 3.05) is 26.4 Å². The number of unbranched alkanes of at least 4 members (excludes halogenated alkanes) is 13. The minimum absolute atomic E-state index is 0.0125. The molecule has 318 valence electrons. The smallest absolute Gasteiger partial charge is 0.462 e. The fourth-order valence-electron chi connectivity index (χ4n) is 5.37. The molecule has 0 aromatic rings. The molecule has 0 aliphatic carbocycles. The van der Waals surface area contributed by atoms with Gasteiger partial charge in [-0.05, 0) is 57.8 Å². The van der Waals surface area contributed by atoms with Crippen LogP contribution in [0.2, 0.25) is 0 Å². The Hall–Kier alpha value is -2.37. The van der Waals surface area contributed by atoms with Crippen molar-refractivity contribution >= 4 is 19.8 Å². The van der Waals surface area contributed by atoms with Crippen molar-refractivity contribution in [1.82, 2.24) is 0 Å². The van der Waals surface area contributed by atoms with Crippen LogP contribution < -0.4 is 5.73 Å². The second-order valence-corrected chi connectivity index (χ2v) is 15.4. The topological polar surface area (TPSA) is 175 Å². The normalized spacial score (nSPS) is 15.1. The Morgan fingerprint density at radius 3 is 1.76 bits per heavy atom. The highest BCUT2D eigenvalue weighted by Gasteiger charge is 2.26. The third-order valence-electron chi connectivity index (χ3n) is 8.58. The molecule has 55 heavy (non-hydrogen) atoms. The lowest BCUT2D eigenvalue weighted by atomic mass is 10.1. The lowest BCUT2D eigenvalue weighted by Crippen LogP contribution is -2.29. The second-order valence-electron chi connectivity index (χ2n) is 13.9. The molecule has 0 aliphatic heterocycles. The summed E-state index contributed by atoms with van der Waals surface area (Å²) >= 11 is 0. The van der Waals surface area contributed by atoms with Crippen molar-refractivity contribution in [3.63, 3.8) is 0 Å². The molecule has 0 spiro atoms. The quantitative estimate of drug-likeness (QED) is 0.0154. The van der Waals surface area contributed by atoms with Crippen LogP contribution >= 0.6 is 7.82 Å². The van der Waals surface area contributed by atoms with Crippen molar-refractivity contribution in [1.29, 1.82) is 0 Å². The average molecular weight is 798 g/mol. The summed E-state index contributed by atoms with van der Waals surface area (Å²) in [4.78, 5) is 34.8. The van der Waals surface area contributed by atoms with Crippen molar-refractivity contribution < 1.29 is 47.8 Å². The third-order valence-corrected chi connectivity index (χ3v) is 9.57. The molecule has 0 radical (unpaired) electrons. The number of allylic oxidation sites excluding steroid dienone is 8. The summed E-state index contributed by atoms with van der Waals surface area (Å²) in [5.41, 5.74) is 5.32. The molecule has 0 rings (SSSR count). The number of aliphatic hydroxyl groups is 2. The number of phosphoric acid groups is 1. The number of aliphatic hydroxyl groups excluding tert-OH is 2. The van der Waals surface area contributed by atoms with E-state index in [-0.39, 0.29) is 32.6 Å². The van der Waals surface area contributed by atoms with E-state index in [4.69, 9.17) is 24.3 Å². The second kappa shape index (κ2) is 38.5. The molecule has 12 heteroatoms. The lowest BCUT2D eigenvalue weighted by molar-refractivity contribution is -0.161. The van der Waals surface area contributed by atoms with Crippen LogP contribution in [0.5, 0.6) is 0 Å². The fourth-order valence-corrected chi connectivity index (χ4v) is 6.14. The standard InChI is InChI=1S/C43H76NO10P/c1-3-5-7-8-9-10-11-12-13-14-15-16-20-23-27-33-42(47)51-37-41(38-53-55(49,50)52-36-35-44)54-43(48)34-28-32-40(46)31-26-22-19-17-18-21-25-30-39(45)29-24-6-4-2/h12-13,18-19,21-22,25-26,30-31,39-41,45-46H,3-11,14-17,20,23-24,27-29,32-38,44H2,1-2H3,(H,49,50)/b13-12-,21-18-,22-19-,30-25+,31-26+/t39-,40-,41-/m1/s1. The number of carbonyl (C=O) groups excluding carboxylic acids is 2. The van der Waals surface area contributed by atoms with Crippen molar-refractivity contribution in [2.45, 2.75) is 173 Å². The van der Waals surface area contributed by atoms with E-state index < -0.39 is 44.7 Å². The largest absolute Gasteiger partial charge is 0.472 e. The zero-order valence-corrected chi connectivity index (χ0v) is 35.0. The number of rotatable bonds is 38. The molecule has 1 unspecified atom stereocenters. The average Bonchev–Trinajstić information content (AvgIpc) is 3.16. The summed E-state index contributed by atoms with van der Waals surface area (Å²) in [5, 5.41) is 20.1. The minimum atomic E-state index is -4.44. The number of nitrogens with two attached hydrogens (primary N) is 1. The molecule has 0 fully saturated rings. The maximum Gasteiger partial charge on any atom is 0.472 e. The van der Waals surface area contributed by atoms with E-state index in [1.54, 1.807) is 18.2 Å². The Morgan fingerprint density at radius 2 is 1.16 bits per heavy atom. The molecule has 0 heterocycles. The Kier molecular flexibility index (Phi) is 36.8. The van der Waals surface area contributed by atoms with E-state index >= 15 is 0 Å². The van der Waals surface area contributed by atoms with Gasteiger partial charge in [-0.25, -0.2) is 4.57 Å². The van der Waals surface area contributed by atoms with Gasteiger partial charge in [0.15, 0.2) is 6.10 Å². The number of phosphoric ester groups is 1. The van der Waals surface area contributed by atoms with E-state index in [0.29, 0.717) is 25.7 Å². The van der Waals surface area contributed by atoms with Gasteiger partial charge in [-0.15, -0.1) is 0 Å². The van der Waals surface area contributed by atoms with E-state index in [2.05, 4.69) is 26.0 Å². The summed E-state index contributed by atoms with van der Waals surface area (Å²) in [7, 11) is -4.44. The molecule has 0 bridgehead atoms. The number of hydrogen-bond acceptors (Lipinski definition) is 10. The third kappa shape index (κ3) is 38.3. The van der Waals surface area contributed by atoms with E-state index in [1.165, 1.54) is 38.5 Å². The van der Waals surface area contributed by atoms with Gasteiger partial charge in [0.2, 0.25) is 0 Å². The van der Waals surface area contributed by atoms with Gasteiger partial charge in [-0.3, -0.25) is 18.6 Å². The van der Waals surface area contributed by atoms with Crippen LogP contribution in [0.3, 0.4) is 0 Å². The Labute approximate surface area is 333 Å². The van der Waals surface area contributed by atoms with E-state index in [0.717, 1.165) is 64.2 Å². The predicted molar refractivity (Wildman–Crippen MR) is 222 cm³/mol. The van der Waals surface area contributed by atoms with Gasteiger partial charge in [-0.2, -0.15) is 0 Å². The van der Waals surface area contributed by atoms with Gasteiger partial charge in [0.05, 0.1) is 25.4 Å². The van der Waals surface area contributed by atoms with Crippen LogP contribution in [0.1, 0.15) is 155 Å². The summed E-state index contributed by atoms with van der Waals surface area (Å²) in [6.45, 7) is 3.33. The zero-order chi connectivity index (χ0) is 40.7. The Morgan fingerprint density at radius 1 is 0.636 bits per heavy atom. The first-order chi connectivity index (χ1) is 26.6. The Bertz CT molecular complexity index is 1120. The highest BCUT2D eigenvalue weighted by Crippen LogP contribution is 2.43. The van der Waals surface area contributed by atoms with Crippen LogP contribution in [0.25, 0.3) is 0 Å². The van der Waals surface area contributed by atoms with Crippen molar-refractivity contribution in [3.8, 4) is 0 Å². The van der Waals surface area contributed by atoms with Gasteiger partial charge in [0, 0.05) is 19.4 Å². The molecular weight excluding hydrogens is 721 g/mol. The number of esters is 2. The first-order valence-electron chi connectivity index (χ1n) is 21.0. The summed E-state index contributed by atoms with van der Waals surface area (Å²) in [6, 6.07) is 0. The molecule has 0 amide bonds. The van der Waals surface area contributed by atoms with Crippen molar-refractivity contribution in [3.05, 3.63) is 60.8 Å². The highest BCUT2D eigenvalue weighted by atomic mass is 31.2. The maximum absolute atomic E-state index is 12.6. The fraction of sp³-hybridized carbons (Fsp3) is 0.721. The Balaban J connectivity index is 4.45. The molecule has 0 aromatic heterocycles. The number of hydrogen-bond donors (Lipinski definition) is 4. The number of ether oxygens (including phenoxy) is 2. The van der Waals surface area contributed by atoms with Crippen LogP contribution in [0.15, 0.2) is 60.8 Å². The van der Waals surface area contributed by atoms with Gasteiger partial charge >= 0.3 is 19.8 Å². The minimum Gasteiger partial charge on any atom is -0.462 e. The maximum atomic E-state index is 12.6. The first-order valence-corrected chi connectivity index (χ1v) is 22.5. The van der Waals surface area contributed by atoms with Gasteiger partial charge in [0.1, 0.15) is 6.61 Å². The van der Waals surface area contributed by atoms with Crippen LogP contribution in [-0.4, -0.2) is 71.7 Å². The molecule has 0 aromatic carbocycles. The highest BCUT2D eigenvalue weighted by molar-refractivity contribution is 7.47. The zero-order valence-electron chi connectivity index (χ0n) is 34.1.